The van der Waals surface area contributed by atoms with Crippen LogP contribution in [-0.4, -0.2) is 12.6 Å². The summed E-state index contributed by atoms with van der Waals surface area (Å²) < 4.78 is 0. The Morgan fingerprint density at radius 1 is 1.23 bits per heavy atom. The van der Waals surface area contributed by atoms with Crippen molar-refractivity contribution >= 4 is 0 Å². The van der Waals surface area contributed by atoms with Crippen molar-refractivity contribution in [3.8, 4) is 0 Å². The molecule has 0 aromatic rings. The Morgan fingerprint density at radius 3 is 2.54 bits per heavy atom. The van der Waals surface area contributed by atoms with Gasteiger partial charge in [-0.15, -0.1) is 0 Å². The van der Waals surface area contributed by atoms with Crippen LogP contribution in [0.5, 0.6) is 0 Å². The molecule has 0 amide bonds. The molecule has 1 N–H and O–H groups in total. The average molecular weight is 183 g/mol. The summed E-state index contributed by atoms with van der Waals surface area (Å²) in [6.07, 6.45) is 9.83. The molecular formula is C12H25N. The van der Waals surface area contributed by atoms with E-state index in [0.29, 0.717) is 0 Å². The summed E-state index contributed by atoms with van der Waals surface area (Å²) in [6, 6.07) is 0.842. The molecule has 1 heterocycles. The fourth-order valence-electron chi connectivity index (χ4n) is 2.30. The van der Waals surface area contributed by atoms with Gasteiger partial charge in [-0.2, -0.15) is 0 Å². The van der Waals surface area contributed by atoms with Crippen molar-refractivity contribution < 1.29 is 0 Å². The highest BCUT2D eigenvalue weighted by atomic mass is 14.9. The van der Waals surface area contributed by atoms with E-state index in [0.717, 1.165) is 12.0 Å². The van der Waals surface area contributed by atoms with Gasteiger partial charge in [-0.1, -0.05) is 33.1 Å². The number of nitrogens with one attached hydrogen (secondary N) is 1. The Balaban J connectivity index is 2.09. The van der Waals surface area contributed by atoms with Crippen LogP contribution in [0.3, 0.4) is 0 Å². The standard InChI is InChI=1S/C12H25N/c1-3-11(4-2)8-9-12-7-5-6-10-13-12/h11-13H,3-10H2,1-2H3/t12-/m0/s1. The summed E-state index contributed by atoms with van der Waals surface area (Å²) in [5.41, 5.74) is 0. The molecule has 0 saturated carbocycles. The number of rotatable bonds is 5. The van der Waals surface area contributed by atoms with E-state index < -0.39 is 0 Å². The minimum absolute atomic E-state index is 0.842. The van der Waals surface area contributed by atoms with Gasteiger partial charge in [0.05, 0.1) is 0 Å². The van der Waals surface area contributed by atoms with Gasteiger partial charge in [-0.05, 0) is 38.1 Å². The molecule has 1 aliphatic rings. The SMILES string of the molecule is CCC(CC)CC[C@@H]1CCCCN1. The lowest BCUT2D eigenvalue weighted by Crippen LogP contribution is -2.34. The van der Waals surface area contributed by atoms with Crippen LogP contribution in [0.15, 0.2) is 0 Å². The molecule has 1 fully saturated rings. The van der Waals surface area contributed by atoms with Crippen LogP contribution >= 0.6 is 0 Å². The van der Waals surface area contributed by atoms with Crippen LogP contribution in [0.1, 0.15) is 58.8 Å². The quantitative estimate of drug-likeness (QED) is 0.689. The molecule has 1 aliphatic heterocycles. The highest BCUT2D eigenvalue weighted by Gasteiger charge is 2.13. The summed E-state index contributed by atoms with van der Waals surface area (Å²) in [6.45, 7) is 5.90. The van der Waals surface area contributed by atoms with Crippen molar-refractivity contribution in [3.63, 3.8) is 0 Å². The Labute approximate surface area is 83.3 Å². The lowest BCUT2D eigenvalue weighted by molar-refractivity contribution is 0.338. The van der Waals surface area contributed by atoms with Gasteiger partial charge in [0.25, 0.3) is 0 Å². The molecule has 0 bridgehead atoms. The minimum Gasteiger partial charge on any atom is -0.314 e. The van der Waals surface area contributed by atoms with Gasteiger partial charge in [0.2, 0.25) is 0 Å². The van der Waals surface area contributed by atoms with E-state index in [-0.39, 0.29) is 0 Å². The minimum atomic E-state index is 0.842. The van der Waals surface area contributed by atoms with Crippen LogP contribution in [0.2, 0.25) is 0 Å². The smallest absolute Gasteiger partial charge is 0.00671 e. The number of hydrogen-bond acceptors (Lipinski definition) is 1. The van der Waals surface area contributed by atoms with Crippen molar-refractivity contribution in [2.75, 3.05) is 6.54 Å². The zero-order valence-corrected chi connectivity index (χ0v) is 9.31. The molecule has 0 spiro atoms. The lowest BCUT2D eigenvalue weighted by Gasteiger charge is -2.24. The van der Waals surface area contributed by atoms with Gasteiger partial charge < -0.3 is 5.32 Å². The van der Waals surface area contributed by atoms with Crippen LogP contribution in [0, 0.1) is 5.92 Å². The van der Waals surface area contributed by atoms with E-state index in [2.05, 4.69) is 19.2 Å². The summed E-state index contributed by atoms with van der Waals surface area (Å²) in [7, 11) is 0. The third-order valence-electron chi connectivity index (χ3n) is 3.49. The molecular weight excluding hydrogens is 158 g/mol. The van der Waals surface area contributed by atoms with Gasteiger partial charge in [0.15, 0.2) is 0 Å². The molecule has 13 heavy (non-hydrogen) atoms. The molecule has 1 nitrogen and oxygen atoms in total. The Bertz CT molecular complexity index is 112. The lowest BCUT2D eigenvalue weighted by atomic mass is 9.92. The van der Waals surface area contributed by atoms with E-state index in [4.69, 9.17) is 0 Å². The molecule has 1 saturated heterocycles. The highest BCUT2D eigenvalue weighted by molar-refractivity contribution is 4.73. The van der Waals surface area contributed by atoms with Crippen molar-refractivity contribution in [2.45, 2.75) is 64.8 Å². The van der Waals surface area contributed by atoms with Crippen LogP contribution < -0.4 is 5.32 Å². The third-order valence-corrected chi connectivity index (χ3v) is 3.49. The van der Waals surface area contributed by atoms with Gasteiger partial charge in [-0.3, -0.25) is 0 Å². The van der Waals surface area contributed by atoms with Crippen LogP contribution in [0.4, 0.5) is 0 Å². The van der Waals surface area contributed by atoms with Crippen molar-refractivity contribution in [2.24, 2.45) is 5.92 Å². The van der Waals surface area contributed by atoms with E-state index in [1.54, 1.807) is 0 Å². The maximum absolute atomic E-state index is 3.62. The summed E-state index contributed by atoms with van der Waals surface area (Å²) in [5.74, 6) is 0.976. The molecule has 0 aromatic heterocycles. The fourth-order valence-corrected chi connectivity index (χ4v) is 2.30. The second kappa shape index (κ2) is 6.42. The molecule has 1 heteroatoms. The van der Waals surface area contributed by atoms with Crippen LogP contribution in [-0.2, 0) is 0 Å². The molecule has 1 atom stereocenters. The fraction of sp³-hybridized carbons (Fsp3) is 1.00. The molecule has 0 radical (unpaired) electrons. The molecule has 0 unspecified atom stereocenters. The van der Waals surface area contributed by atoms with E-state index >= 15 is 0 Å². The Kier molecular flexibility index (Phi) is 5.45. The zero-order chi connectivity index (χ0) is 9.52. The first-order valence-corrected chi connectivity index (χ1v) is 6.10. The van der Waals surface area contributed by atoms with Gasteiger partial charge in [0, 0.05) is 6.04 Å². The molecule has 78 valence electrons. The Morgan fingerprint density at radius 2 is 2.00 bits per heavy atom. The number of piperidine rings is 1. The maximum Gasteiger partial charge on any atom is 0.00671 e. The first-order valence-electron chi connectivity index (χ1n) is 6.10. The van der Waals surface area contributed by atoms with Gasteiger partial charge >= 0.3 is 0 Å². The average Bonchev–Trinajstić information content (AvgIpc) is 2.21. The van der Waals surface area contributed by atoms with Gasteiger partial charge in [0.1, 0.15) is 0 Å². The molecule has 0 aromatic carbocycles. The first kappa shape index (κ1) is 11.0. The maximum atomic E-state index is 3.62. The number of hydrogen-bond donors (Lipinski definition) is 1. The van der Waals surface area contributed by atoms with E-state index in [1.165, 1.54) is 51.5 Å². The predicted octanol–water partition coefficient (Wildman–Crippen LogP) is 3.34. The highest BCUT2D eigenvalue weighted by Crippen LogP contribution is 2.19. The third kappa shape index (κ3) is 4.12. The largest absolute Gasteiger partial charge is 0.314 e. The summed E-state index contributed by atoms with van der Waals surface area (Å²) >= 11 is 0. The normalized spacial score (nSPS) is 23.8. The van der Waals surface area contributed by atoms with E-state index in [9.17, 15) is 0 Å². The topological polar surface area (TPSA) is 12.0 Å². The second-order valence-electron chi connectivity index (χ2n) is 4.41. The summed E-state index contributed by atoms with van der Waals surface area (Å²) in [5, 5.41) is 3.62. The van der Waals surface area contributed by atoms with Crippen LogP contribution in [0.25, 0.3) is 0 Å². The second-order valence-corrected chi connectivity index (χ2v) is 4.41. The zero-order valence-electron chi connectivity index (χ0n) is 9.31. The predicted molar refractivity (Wildman–Crippen MR) is 58.9 cm³/mol. The summed E-state index contributed by atoms with van der Waals surface area (Å²) in [4.78, 5) is 0. The monoisotopic (exact) mass is 183 g/mol. The van der Waals surface area contributed by atoms with E-state index in [1.807, 2.05) is 0 Å². The van der Waals surface area contributed by atoms with Crippen molar-refractivity contribution in [1.29, 1.82) is 0 Å². The van der Waals surface area contributed by atoms with Gasteiger partial charge in [-0.25, -0.2) is 0 Å². The molecule has 0 aliphatic carbocycles. The Hall–Kier alpha value is -0.0400. The van der Waals surface area contributed by atoms with Crippen molar-refractivity contribution in [1.82, 2.24) is 5.32 Å². The van der Waals surface area contributed by atoms with Crippen molar-refractivity contribution in [3.05, 3.63) is 0 Å². The first-order chi connectivity index (χ1) is 6.36. The molecule has 1 rings (SSSR count).